The van der Waals surface area contributed by atoms with E-state index in [0.29, 0.717) is 5.00 Å². The number of nitrogens with one attached hydrogen (secondary N) is 1. The molecule has 1 heterocycles. The molecule has 0 aromatic carbocycles. The van der Waals surface area contributed by atoms with Crippen LogP contribution in [-0.4, -0.2) is 48.1 Å². The number of hydrogen-bond donors (Lipinski definition) is 2. The van der Waals surface area contributed by atoms with Crippen molar-refractivity contribution in [3.8, 4) is 0 Å². The van der Waals surface area contributed by atoms with Crippen molar-refractivity contribution >= 4 is 22.3 Å². The largest absolute Gasteiger partial charge is 0.476 e. The Bertz CT molecular complexity index is 339. The van der Waals surface area contributed by atoms with E-state index in [0.717, 1.165) is 25.9 Å². The summed E-state index contributed by atoms with van der Waals surface area (Å²) in [5.41, 5.74) is 1.67. The van der Waals surface area contributed by atoms with Crippen LogP contribution in [-0.2, 0) is 0 Å². The Morgan fingerprint density at radius 2 is 2.31 bits per heavy atom. The highest BCUT2D eigenvalue weighted by atomic mass is 32.1. The van der Waals surface area contributed by atoms with Gasteiger partial charge in [-0.2, -0.15) is 0 Å². The van der Waals surface area contributed by atoms with Gasteiger partial charge in [-0.05, 0) is 33.5 Å². The van der Waals surface area contributed by atoms with Gasteiger partial charge in [-0.1, -0.05) is 0 Å². The normalized spacial score (nSPS) is 10.7. The van der Waals surface area contributed by atoms with Gasteiger partial charge in [-0.3, -0.25) is 0 Å². The van der Waals surface area contributed by atoms with Crippen LogP contribution in [0, 0.1) is 0 Å². The number of unbranched alkanes of at least 4 members (excludes halogenated alkanes) is 1. The van der Waals surface area contributed by atoms with Gasteiger partial charge < -0.3 is 15.3 Å². The number of carbonyl (C=O) groups is 1. The monoisotopic (exact) mass is 243 g/mol. The molecule has 0 fully saturated rings. The molecule has 0 amide bonds. The molecule has 0 aliphatic carbocycles. The Kier molecular flexibility index (Phi) is 5.21. The lowest BCUT2D eigenvalue weighted by Crippen LogP contribution is -2.14. The number of aromatic carboxylic acids is 1. The smallest absolute Gasteiger partial charge is 0.357 e. The van der Waals surface area contributed by atoms with Crippen LogP contribution in [0.4, 0.5) is 5.00 Å². The summed E-state index contributed by atoms with van der Waals surface area (Å²) in [5.74, 6) is -0.975. The summed E-state index contributed by atoms with van der Waals surface area (Å²) in [6.45, 7) is 1.84. The van der Waals surface area contributed by atoms with Gasteiger partial charge in [0.05, 0.1) is 5.51 Å². The van der Waals surface area contributed by atoms with Crippen LogP contribution in [0.15, 0.2) is 5.51 Å². The average molecular weight is 243 g/mol. The second kappa shape index (κ2) is 6.44. The number of anilines is 1. The van der Waals surface area contributed by atoms with Crippen molar-refractivity contribution < 1.29 is 9.90 Å². The maximum absolute atomic E-state index is 10.8. The van der Waals surface area contributed by atoms with E-state index in [4.69, 9.17) is 5.11 Å². The van der Waals surface area contributed by atoms with Crippen molar-refractivity contribution in [1.29, 1.82) is 0 Å². The summed E-state index contributed by atoms with van der Waals surface area (Å²) < 4.78 is 0. The fourth-order valence-corrected chi connectivity index (χ4v) is 1.98. The maximum atomic E-state index is 10.8. The van der Waals surface area contributed by atoms with Crippen LogP contribution in [0.5, 0.6) is 0 Å². The Balaban J connectivity index is 2.27. The molecule has 0 saturated carbocycles. The highest BCUT2D eigenvalue weighted by molar-refractivity contribution is 7.14. The minimum atomic E-state index is -0.975. The average Bonchev–Trinajstić information content (AvgIpc) is 2.65. The first-order valence-corrected chi connectivity index (χ1v) is 6.04. The van der Waals surface area contributed by atoms with Crippen LogP contribution < -0.4 is 5.32 Å². The van der Waals surface area contributed by atoms with E-state index in [9.17, 15) is 4.79 Å². The van der Waals surface area contributed by atoms with Gasteiger partial charge in [-0.15, -0.1) is 11.3 Å². The molecule has 6 heteroatoms. The van der Waals surface area contributed by atoms with Crippen LogP contribution in [0.2, 0.25) is 0 Å². The number of thiazole rings is 1. The Hall–Kier alpha value is -1.14. The van der Waals surface area contributed by atoms with Crippen molar-refractivity contribution in [2.45, 2.75) is 12.8 Å². The summed E-state index contributed by atoms with van der Waals surface area (Å²) >= 11 is 1.33. The maximum Gasteiger partial charge on any atom is 0.357 e. The van der Waals surface area contributed by atoms with E-state index in [-0.39, 0.29) is 5.69 Å². The number of carboxylic acid groups (broad SMARTS) is 1. The highest BCUT2D eigenvalue weighted by Crippen LogP contribution is 2.19. The Morgan fingerprint density at radius 3 is 2.94 bits per heavy atom. The van der Waals surface area contributed by atoms with Gasteiger partial charge in [0.2, 0.25) is 0 Å². The number of carboxylic acids is 1. The van der Waals surface area contributed by atoms with E-state index in [2.05, 4.69) is 15.2 Å². The first kappa shape index (κ1) is 12.9. The molecule has 16 heavy (non-hydrogen) atoms. The fraction of sp³-hybridized carbons (Fsp3) is 0.600. The van der Waals surface area contributed by atoms with E-state index in [1.54, 1.807) is 5.51 Å². The van der Waals surface area contributed by atoms with E-state index >= 15 is 0 Å². The lowest BCUT2D eigenvalue weighted by Gasteiger charge is -2.09. The van der Waals surface area contributed by atoms with Crippen LogP contribution >= 0.6 is 11.3 Å². The molecule has 0 bridgehead atoms. The quantitative estimate of drug-likeness (QED) is 0.712. The Labute approximate surface area is 99.1 Å². The number of hydrogen-bond acceptors (Lipinski definition) is 5. The highest BCUT2D eigenvalue weighted by Gasteiger charge is 2.12. The molecule has 0 spiro atoms. The number of aromatic nitrogens is 1. The fourth-order valence-electron chi connectivity index (χ4n) is 1.28. The third kappa shape index (κ3) is 4.16. The van der Waals surface area contributed by atoms with Gasteiger partial charge in [0.1, 0.15) is 5.00 Å². The van der Waals surface area contributed by atoms with Crippen molar-refractivity contribution in [3.63, 3.8) is 0 Å². The second-order valence-electron chi connectivity index (χ2n) is 3.77. The molecule has 1 rings (SSSR count). The first-order valence-electron chi connectivity index (χ1n) is 5.16. The number of nitrogens with zero attached hydrogens (tertiary/aromatic N) is 2. The van der Waals surface area contributed by atoms with Crippen molar-refractivity contribution in [2.75, 3.05) is 32.5 Å². The molecule has 5 nitrogen and oxygen atoms in total. The lowest BCUT2D eigenvalue weighted by atomic mass is 10.3. The second-order valence-corrected chi connectivity index (χ2v) is 4.63. The third-order valence-corrected chi connectivity index (χ3v) is 2.87. The molecule has 1 aromatic rings. The van der Waals surface area contributed by atoms with Crippen molar-refractivity contribution in [1.82, 2.24) is 9.88 Å². The summed E-state index contributed by atoms with van der Waals surface area (Å²) in [6, 6.07) is 0. The van der Waals surface area contributed by atoms with Gasteiger partial charge in [-0.25, -0.2) is 9.78 Å². The molecule has 0 aliphatic rings. The lowest BCUT2D eigenvalue weighted by molar-refractivity contribution is 0.0692. The molecular weight excluding hydrogens is 226 g/mol. The third-order valence-electron chi connectivity index (χ3n) is 2.09. The summed E-state index contributed by atoms with van der Waals surface area (Å²) in [6.07, 6.45) is 2.12. The molecule has 0 unspecified atom stereocenters. The van der Waals surface area contributed by atoms with Crippen LogP contribution in [0.1, 0.15) is 23.3 Å². The van der Waals surface area contributed by atoms with Crippen LogP contribution in [0.25, 0.3) is 0 Å². The molecule has 90 valence electrons. The Morgan fingerprint density at radius 1 is 1.56 bits per heavy atom. The predicted octanol–water partition coefficient (Wildman–Crippen LogP) is 1.59. The minimum absolute atomic E-state index is 0.123. The standard InChI is InChI=1S/C10H17N3O2S/c1-13(2)6-4-3-5-11-9-8(10(14)15)12-7-16-9/h7,11H,3-6H2,1-2H3,(H,14,15). The zero-order valence-electron chi connectivity index (χ0n) is 9.56. The molecule has 1 aromatic heterocycles. The van der Waals surface area contributed by atoms with E-state index in [1.165, 1.54) is 11.3 Å². The van der Waals surface area contributed by atoms with Gasteiger partial charge >= 0.3 is 5.97 Å². The van der Waals surface area contributed by atoms with Crippen molar-refractivity contribution in [3.05, 3.63) is 11.2 Å². The summed E-state index contributed by atoms with van der Waals surface area (Å²) in [5, 5.41) is 12.6. The first-order chi connectivity index (χ1) is 7.61. The van der Waals surface area contributed by atoms with E-state index < -0.39 is 5.97 Å². The molecule has 0 saturated heterocycles. The van der Waals surface area contributed by atoms with E-state index in [1.807, 2.05) is 14.1 Å². The SMILES string of the molecule is CN(C)CCCCNc1scnc1C(=O)O. The zero-order valence-corrected chi connectivity index (χ0v) is 10.4. The van der Waals surface area contributed by atoms with Crippen molar-refractivity contribution in [2.24, 2.45) is 0 Å². The molecule has 2 N–H and O–H groups in total. The van der Waals surface area contributed by atoms with Gasteiger partial charge in [0.25, 0.3) is 0 Å². The molecular formula is C10H17N3O2S. The molecule has 0 atom stereocenters. The summed E-state index contributed by atoms with van der Waals surface area (Å²) in [7, 11) is 4.08. The van der Waals surface area contributed by atoms with Gasteiger partial charge in [0.15, 0.2) is 5.69 Å². The minimum Gasteiger partial charge on any atom is -0.476 e. The molecule has 0 aliphatic heterocycles. The summed E-state index contributed by atoms with van der Waals surface area (Å²) in [4.78, 5) is 16.7. The predicted molar refractivity (Wildman–Crippen MR) is 65.4 cm³/mol. The zero-order chi connectivity index (χ0) is 12.0. The topological polar surface area (TPSA) is 65.5 Å². The van der Waals surface area contributed by atoms with Gasteiger partial charge in [0, 0.05) is 6.54 Å². The van der Waals surface area contributed by atoms with Crippen LogP contribution in [0.3, 0.4) is 0 Å². The molecule has 0 radical (unpaired) electrons. The number of rotatable bonds is 7.